The van der Waals surface area contributed by atoms with E-state index in [4.69, 9.17) is 5.73 Å². The number of anilines is 1. The van der Waals surface area contributed by atoms with Gasteiger partial charge >= 0.3 is 12.1 Å². The number of nitrogen functional groups attached to an aromatic ring is 1. The number of fused-ring (bicyclic) bond motifs is 1. The largest absolute Gasteiger partial charge is 0.477 e. The van der Waals surface area contributed by atoms with Crippen LogP contribution >= 0.6 is 34.9 Å². The number of rotatable bonds is 9. The highest BCUT2D eigenvalue weighted by molar-refractivity contribution is 8.01. The molecule has 2 amide bonds. The summed E-state index contributed by atoms with van der Waals surface area (Å²) in [5, 5.41) is 27.5. The summed E-state index contributed by atoms with van der Waals surface area (Å²) in [7, 11) is 1.62. The van der Waals surface area contributed by atoms with Crippen LogP contribution in [0.1, 0.15) is 5.69 Å². The number of hydrogen-bond donors (Lipinski definition) is 3. The fraction of sp³-hybridized carbons (Fsp3) is 0.412. The van der Waals surface area contributed by atoms with Gasteiger partial charge in [-0.1, -0.05) is 16.9 Å². The van der Waals surface area contributed by atoms with Gasteiger partial charge in [-0.05, 0) is 16.0 Å². The molecular formula is C17H16F3N9O5S3. The quantitative estimate of drug-likeness (QED) is 0.157. The van der Waals surface area contributed by atoms with E-state index in [-0.39, 0.29) is 28.0 Å². The smallest absolute Gasteiger partial charge is 0.425 e. The van der Waals surface area contributed by atoms with Crippen molar-refractivity contribution in [3.63, 3.8) is 0 Å². The minimum atomic E-state index is -4.70. The molecule has 0 aromatic carbocycles. The van der Waals surface area contributed by atoms with Gasteiger partial charge < -0.3 is 21.0 Å². The molecule has 0 bridgehead atoms. The lowest BCUT2D eigenvalue weighted by Gasteiger charge is -2.49. The summed E-state index contributed by atoms with van der Waals surface area (Å²) < 4.78 is 38.8. The third-order valence-electron chi connectivity index (χ3n) is 4.86. The zero-order valence-corrected chi connectivity index (χ0v) is 20.9. The first-order valence-corrected chi connectivity index (χ1v) is 12.9. The number of tetrazole rings is 1. The van der Waals surface area contributed by atoms with E-state index in [0.717, 1.165) is 16.2 Å². The van der Waals surface area contributed by atoms with Crippen LogP contribution in [-0.2, 0) is 26.3 Å². The summed E-state index contributed by atoms with van der Waals surface area (Å²) in [5.74, 6) is -2.63. The summed E-state index contributed by atoms with van der Waals surface area (Å²) in [6.07, 6.45) is -4.70. The van der Waals surface area contributed by atoms with Gasteiger partial charge in [0.05, 0.1) is 0 Å². The maximum absolute atomic E-state index is 12.9. The Morgan fingerprint density at radius 3 is 2.78 bits per heavy atom. The summed E-state index contributed by atoms with van der Waals surface area (Å²) in [5.41, 5.74) is 5.03. The first kappa shape index (κ1) is 26.7. The Bertz CT molecular complexity index is 1290. The second-order valence-electron chi connectivity index (χ2n) is 7.39. The average molecular weight is 580 g/mol. The van der Waals surface area contributed by atoms with Crippen LogP contribution in [-0.4, -0.2) is 94.4 Å². The number of nitrogens with two attached hydrogens (primary N) is 1. The summed E-state index contributed by atoms with van der Waals surface area (Å²) in [4.78, 5) is 46.9. The number of aliphatic carboxylic acids is 1. The standard InChI is InChI=1S/C17H16F3N9O5S3/c1-28-16(24-26-27-28)37-3-6-2-35-13-9(12(31)29(13)10(6)14(32)33)23-11(30)8(7-4-36-15(21)22-7)25-34-5-17(18,19)20/h4,9,13H,2-3,5H2,1H3,(H2,21,22)(H,23,30)(H,32,33)/t9?,13-/m1/s1. The molecular weight excluding hydrogens is 563 g/mol. The fourth-order valence-electron chi connectivity index (χ4n) is 3.27. The van der Waals surface area contributed by atoms with Gasteiger partial charge in [0.1, 0.15) is 22.8 Å². The molecule has 2 aliphatic rings. The van der Waals surface area contributed by atoms with Crippen molar-refractivity contribution in [3.8, 4) is 0 Å². The molecule has 0 aliphatic carbocycles. The third-order valence-corrected chi connectivity index (χ3v) is 7.97. The van der Waals surface area contributed by atoms with E-state index in [2.05, 4.69) is 35.8 Å². The number of oxime groups is 1. The third kappa shape index (κ3) is 5.80. The number of carboxylic acid groups (broad SMARTS) is 1. The molecule has 1 saturated heterocycles. The van der Waals surface area contributed by atoms with Crippen LogP contribution in [0.5, 0.6) is 0 Å². The van der Waals surface area contributed by atoms with Crippen LogP contribution in [0.4, 0.5) is 18.3 Å². The maximum Gasteiger partial charge on any atom is 0.425 e. The number of carbonyl (C=O) groups is 3. The summed E-state index contributed by atoms with van der Waals surface area (Å²) in [6, 6.07) is -1.16. The normalized spacial score (nSPS) is 19.9. The summed E-state index contributed by atoms with van der Waals surface area (Å²) >= 11 is 3.32. The van der Waals surface area contributed by atoms with Crippen molar-refractivity contribution in [1.29, 1.82) is 0 Å². The lowest BCUT2D eigenvalue weighted by Crippen LogP contribution is -2.71. The van der Waals surface area contributed by atoms with Crippen molar-refractivity contribution >= 4 is 63.5 Å². The molecule has 2 aromatic rings. The van der Waals surface area contributed by atoms with Crippen LogP contribution < -0.4 is 11.1 Å². The first-order chi connectivity index (χ1) is 17.5. The topological polar surface area (TPSA) is 191 Å². The Balaban J connectivity index is 1.49. The van der Waals surface area contributed by atoms with E-state index in [0.29, 0.717) is 10.7 Å². The molecule has 20 heteroatoms. The van der Waals surface area contributed by atoms with E-state index in [1.807, 2.05) is 0 Å². The molecule has 2 atom stereocenters. The van der Waals surface area contributed by atoms with Crippen molar-refractivity contribution in [1.82, 2.24) is 35.4 Å². The zero-order chi connectivity index (χ0) is 26.9. The number of nitrogens with zero attached hydrogens (tertiary/aromatic N) is 7. The molecule has 4 N–H and O–H groups in total. The van der Waals surface area contributed by atoms with Crippen LogP contribution in [0.3, 0.4) is 0 Å². The minimum absolute atomic E-state index is 0.0267. The van der Waals surface area contributed by atoms with Gasteiger partial charge in [-0.25, -0.2) is 14.5 Å². The molecule has 0 spiro atoms. The van der Waals surface area contributed by atoms with E-state index in [9.17, 15) is 32.7 Å². The number of thioether (sulfide) groups is 2. The van der Waals surface area contributed by atoms with Gasteiger partial charge in [0.25, 0.3) is 11.8 Å². The molecule has 37 heavy (non-hydrogen) atoms. The SMILES string of the molecule is Cn1nnnc1SCC1=C(C(=O)O)N2C(=O)C(NC(=O)C(=NOCC(F)(F)F)c3csc(N)n3)[C@H]2SC1. The Kier molecular flexibility index (Phi) is 7.59. The van der Waals surface area contributed by atoms with Crippen molar-refractivity contribution in [3.05, 3.63) is 22.3 Å². The van der Waals surface area contributed by atoms with Crippen molar-refractivity contribution in [2.75, 3.05) is 23.8 Å². The molecule has 1 fully saturated rings. The number of thiazole rings is 1. The molecule has 0 radical (unpaired) electrons. The van der Waals surface area contributed by atoms with Gasteiger partial charge in [0.15, 0.2) is 10.8 Å². The van der Waals surface area contributed by atoms with Crippen LogP contribution in [0.2, 0.25) is 0 Å². The molecule has 4 rings (SSSR count). The fourth-order valence-corrected chi connectivity index (χ4v) is 6.15. The highest BCUT2D eigenvalue weighted by Gasteiger charge is 2.54. The van der Waals surface area contributed by atoms with E-state index in [1.165, 1.54) is 33.6 Å². The molecule has 2 aromatic heterocycles. The lowest BCUT2D eigenvalue weighted by atomic mass is 10.0. The van der Waals surface area contributed by atoms with Crippen LogP contribution in [0.15, 0.2) is 27.0 Å². The lowest BCUT2D eigenvalue weighted by molar-refractivity contribution is -0.174. The van der Waals surface area contributed by atoms with Gasteiger partial charge in [-0.2, -0.15) is 13.2 Å². The highest BCUT2D eigenvalue weighted by atomic mass is 32.2. The number of hydrogen-bond acceptors (Lipinski definition) is 13. The van der Waals surface area contributed by atoms with E-state index in [1.54, 1.807) is 7.05 Å². The molecule has 4 heterocycles. The Morgan fingerprint density at radius 1 is 1.43 bits per heavy atom. The second kappa shape index (κ2) is 10.5. The number of amides is 2. The maximum atomic E-state index is 12.9. The number of halogens is 3. The number of alkyl halides is 3. The van der Waals surface area contributed by atoms with Crippen LogP contribution in [0.25, 0.3) is 0 Å². The van der Waals surface area contributed by atoms with Crippen molar-refractivity contribution < 1.29 is 37.5 Å². The van der Waals surface area contributed by atoms with Gasteiger partial charge in [0, 0.05) is 23.9 Å². The van der Waals surface area contributed by atoms with Crippen molar-refractivity contribution in [2.45, 2.75) is 22.7 Å². The Morgan fingerprint density at radius 2 is 2.19 bits per heavy atom. The predicted molar refractivity (Wildman–Crippen MR) is 124 cm³/mol. The van der Waals surface area contributed by atoms with E-state index >= 15 is 0 Å². The Hall–Kier alpha value is -3.39. The average Bonchev–Trinajstić information content (AvgIpc) is 3.44. The molecule has 2 aliphatic heterocycles. The van der Waals surface area contributed by atoms with Crippen LogP contribution in [0, 0.1) is 0 Å². The monoisotopic (exact) mass is 579 g/mol. The number of aryl methyl sites for hydroxylation is 1. The minimum Gasteiger partial charge on any atom is -0.477 e. The second-order valence-corrected chi connectivity index (χ2v) is 10.3. The molecule has 1 unspecified atom stereocenters. The number of carboxylic acids is 1. The van der Waals surface area contributed by atoms with Crippen molar-refractivity contribution in [2.24, 2.45) is 12.2 Å². The molecule has 14 nitrogen and oxygen atoms in total. The Labute approximate surface area is 217 Å². The number of aromatic nitrogens is 5. The van der Waals surface area contributed by atoms with E-state index < -0.39 is 47.7 Å². The zero-order valence-electron chi connectivity index (χ0n) is 18.5. The number of nitrogens with one attached hydrogen (secondary N) is 1. The van der Waals surface area contributed by atoms with Gasteiger partial charge in [0.2, 0.25) is 11.8 Å². The number of β-lactam (4-membered cyclic amide) rings is 1. The summed E-state index contributed by atoms with van der Waals surface area (Å²) in [6.45, 7) is -1.75. The highest BCUT2D eigenvalue weighted by Crippen LogP contribution is 2.41. The van der Waals surface area contributed by atoms with Gasteiger partial charge in [-0.3, -0.25) is 14.5 Å². The van der Waals surface area contributed by atoms with Gasteiger partial charge in [-0.15, -0.1) is 28.2 Å². The number of carbonyl (C=O) groups excluding carboxylic acids is 2. The predicted octanol–water partition coefficient (Wildman–Crippen LogP) is 0.0627. The molecule has 198 valence electrons. The molecule has 0 saturated carbocycles. The first-order valence-electron chi connectivity index (χ1n) is 10.0.